The molecule has 3 aliphatic heterocycles. The molecule has 0 spiro atoms. The lowest BCUT2D eigenvalue weighted by Gasteiger charge is -2.44. The van der Waals surface area contributed by atoms with Crippen LogP contribution >= 0.6 is 0 Å². The van der Waals surface area contributed by atoms with Gasteiger partial charge in [-0.1, -0.05) is 122 Å². The molecule has 9 rings (SSSR count). The number of carbonyl (C=O) groups excluding carboxylic acids is 3. The average Bonchev–Trinajstić information content (AvgIpc) is 3.79. The number of imidazole rings is 1. The first kappa shape index (κ1) is 41.9. The molecule has 5 aromatic carbocycles. The van der Waals surface area contributed by atoms with Crippen LogP contribution in [0.1, 0.15) is 72.4 Å². The number of imide groups is 1. The molecule has 3 N–H and O–H groups in total. The first-order valence-corrected chi connectivity index (χ1v) is 21.6. The molecule has 1 aromatic heterocycles. The quantitative estimate of drug-likeness (QED) is 0.109. The van der Waals surface area contributed by atoms with E-state index in [9.17, 15) is 24.3 Å². The van der Waals surface area contributed by atoms with E-state index < -0.39 is 24.3 Å². The van der Waals surface area contributed by atoms with Gasteiger partial charge in [-0.05, 0) is 58.4 Å². The zero-order valence-electron chi connectivity index (χ0n) is 35.1. The first-order chi connectivity index (χ1) is 30.7. The van der Waals surface area contributed by atoms with E-state index in [0.717, 1.165) is 75.9 Å². The summed E-state index contributed by atoms with van der Waals surface area (Å²) >= 11 is 0. The van der Waals surface area contributed by atoms with Gasteiger partial charge in [-0.15, -0.1) is 0 Å². The summed E-state index contributed by atoms with van der Waals surface area (Å²) in [6.07, 6.45) is -0.315. The highest BCUT2D eigenvalue weighted by Gasteiger charge is 2.41. The number of piperidine rings is 1. The number of aromatic amines is 1. The van der Waals surface area contributed by atoms with Gasteiger partial charge >= 0.3 is 11.8 Å². The van der Waals surface area contributed by atoms with E-state index in [2.05, 4.69) is 22.1 Å². The van der Waals surface area contributed by atoms with Gasteiger partial charge in [-0.25, -0.2) is 9.59 Å². The Balaban J connectivity index is 0.883. The van der Waals surface area contributed by atoms with Gasteiger partial charge in [0.25, 0.3) is 5.91 Å². The van der Waals surface area contributed by atoms with E-state index in [1.54, 1.807) is 0 Å². The molecule has 3 fully saturated rings. The van der Waals surface area contributed by atoms with Crippen LogP contribution in [-0.4, -0.2) is 74.1 Å². The van der Waals surface area contributed by atoms with E-state index in [-0.39, 0.29) is 61.9 Å². The van der Waals surface area contributed by atoms with Crippen LogP contribution in [0.15, 0.2) is 132 Å². The molecule has 0 saturated carbocycles. The number of ether oxygens (including phenoxy) is 3. The second-order valence-corrected chi connectivity index (χ2v) is 16.7. The molecule has 13 nitrogen and oxygen atoms in total. The topological polar surface area (TPSA) is 155 Å². The van der Waals surface area contributed by atoms with Crippen molar-refractivity contribution in [1.29, 1.82) is 0 Å². The summed E-state index contributed by atoms with van der Waals surface area (Å²) in [4.78, 5) is 58.7. The highest BCUT2D eigenvalue weighted by molar-refractivity contribution is 6.06. The molecule has 1 unspecified atom stereocenters. The molecule has 0 radical (unpaired) electrons. The minimum atomic E-state index is -1.01. The summed E-state index contributed by atoms with van der Waals surface area (Å²) in [6.45, 7) is 4.57. The third-order valence-corrected chi connectivity index (χ3v) is 12.7. The van der Waals surface area contributed by atoms with Crippen LogP contribution in [0.3, 0.4) is 0 Å². The number of rotatable bonds is 12. The van der Waals surface area contributed by atoms with E-state index >= 15 is 0 Å². The van der Waals surface area contributed by atoms with Crippen molar-refractivity contribution < 1.29 is 33.7 Å². The highest BCUT2D eigenvalue weighted by Crippen LogP contribution is 2.43. The number of nitrogens with one attached hydrogen (secondary N) is 2. The van der Waals surface area contributed by atoms with E-state index in [0.29, 0.717) is 6.54 Å². The van der Waals surface area contributed by atoms with Gasteiger partial charge in [-0.3, -0.25) is 19.1 Å². The number of amides is 3. The molecule has 3 amide bonds. The number of H-pyrrole nitrogens is 1. The number of aliphatic hydroxyl groups excluding tert-OH is 1. The number of likely N-dealkylation sites (tertiary alicyclic amines) is 2. The van der Waals surface area contributed by atoms with Gasteiger partial charge in [0.1, 0.15) is 12.6 Å². The number of aliphatic hydroxyl groups is 1. The maximum Gasteiger partial charge on any atom is 0.408 e. The summed E-state index contributed by atoms with van der Waals surface area (Å²) in [5.41, 5.74) is 7.75. The SMILES string of the molecule is C[C@H]1[C@@H](CN2CCC(n3c(=O)[nH]c4ccccc43)CC2)O[C@@H](c2ccc(-c3ccccc3CN3C(=O)CC(NC(=O)OCc4ccccc4)C3=O)cc2)O[C@H]1c1ccc(CO)cc1. The second kappa shape index (κ2) is 18.5. The van der Waals surface area contributed by atoms with Gasteiger partial charge in [0.05, 0.1) is 42.8 Å². The Kier molecular flexibility index (Phi) is 12.3. The minimum Gasteiger partial charge on any atom is -0.445 e. The van der Waals surface area contributed by atoms with Crippen molar-refractivity contribution >= 4 is 28.9 Å². The molecular formula is C50H51N5O8. The highest BCUT2D eigenvalue weighted by atomic mass is 16.7. The number of aromatic nitrogens is 2. The lowest BCUT2D eigenvalue weighted by Crippen LogP contribution is -2.47. The van der Waals surface area contributed by atoms with Crippen molar-refractivity contribution in [3.63, 3.8) is 0 Å². The summed E-state index contributed by atoms with van der Waals surface area (Å²) in [6, 6.07) is 39.7. The molecule has 13 heteroatoms. The standard InChI is InChI=1S/C50H51N5O8/c1-32-44(29-53-25-23-39(24-26-53)55-43-14-8-7-13-41(43)51-49(55)59)62-48(63-46(32)36-17-15-33(30-56)16-18-36)37-21-19-35(20-22-37)40-12-6-5-11-38(40)28-54-45(57)27-42(47(54)58)52-50(60)61-31-34-9-3-2-4-10-34/h2-22,32,39,42,44,46,48,56H,23-31H2,1H3,(H,51,59)(H,52,60)/t32-,42?,44+,46+,48+/m0/s1. The number of hydrogen-bond acceptors (Lipinski definition) is 9. The number of fused-ring (bicyclic) bond motifs is 1. The fourth-order valence-electron chi connectivity index (χ4n) is 9.18. The molecule has 0 bridgehead atoms. The fourth-order valence-corrected chi connectivity index (χ4v) is 9.18. The Morgan fingerprint density at radius 2 is 1.51 bits per heavy atom. The number of alkyl carbamates (subject to hydrolysis) is 1. The van der Waals surface area contributed by atoms with Crippen LogP contribution < -0.4 is 11.0 Å². The van der Waals surface area contributed by atoms with E-state index in [1.807, 2.05) is 132 Å². The lowest BCUT2D eigenvalue weighted by atomic mass is 9.89. The zero-order valence-corrected chi connectivity index (χ0v) is 35.1. The van der Waals surface area contributed by atoms with Crippen LogP contribution in [0, 0.1) is 5.92 Å². The molecule has 63 heavy (non-hydrogen) atoms. The van der Waals surface area contributed by atoms with Crippen molar-refractivity contribution in [3.05, 3.63) is 166 Å². The molecule has 3 saturated heterocycles. The number of benzene rings is 5. The van der Waals surface area contributed by atoms with Crippen molar-refractivity contribution in [2.75, 3.05) is 19.6 Å². The molecular weight excluding hydrogens is 799 g/mol. The molecule has 5 atom stereocenters. The maximum absolute atomic E-state index is 13.4. The van der Waals surface area contributed by atoms with Crippen molar-refractivity contribution in [2.45, 2.75) is 76.5 Å². The molecule has 6 aromatic rings. The number of para-hydroxylation sites is 2. The number of nitrogens with zero attached hydrogens (tertiary/aromatic N) is 3. The predicted octanol–water partition coefficient (Wildman–Crippen LogP) is 7.17. The van der Waals surface area contributed by atoms with Crippen LogP contribution in [0.25, 0.3) is 22.2 Å². The van der Waals surface area contributed by atoms with Gasteiger partial charge in [-0.2, -0.15) is 0 Å². The Hall–Kier alpha value is -6.38. The predicted molar refractivity (Wildman–Crippen MR) is 236 cm³/mol. The Labute approximate surface area is 365 Å². The summed E-state index contributed by atoms with van der Waals surface area (Å²) in [5.74, 6) is -0.845. The normalized spacial score (nSPS) is 22.1. The largest absolute Gasteiger partial charge is 0.445 e. The Morgan fingerprint density at radius 1 is 0.810 bits per heavy atom. The molecule has 4 heterocycles. The van der Waals surface area contributed by atoms with Gasteiger partial charge in [0.15, 0.2) is 6.29 Å². The Bertz CT molecular complexity index is 2620. The van der Waals surface area contributed by atoms with Crippen LogP contribution in [-0.2, 0) is 43.6 Å². The third-order valence-electron chi connectivity index (χ3n) is 12.7. The maximum atomic E-state index is 13.4. The van der Waals surface area contributed by atoms with Crippen molar-refractivity contribution in [1.82, 2.24) is 24.7 Å². The first-order valence-electron chi connectivity index (χ1n) is 21.6. The van der Waals surface area contributed by atoms with E-state index in [4.69, 9.17) is 14.2 Å². The van der Waals surface area contributed by atoms with Crippen LogP contribution in [0.2, 0.25) is 0 Å². The molecule has 0 aliphatic carbocycles. The number of carbonyl (C=O) groups is 3. The summed E-state index contributed by atoms with van der Waals surface area (Å²) in [7, 11) is 0. The fraction of sp³-hybridized carbons (Fsp3) is 0.320. The second-order valence-electron chi connectivity index (χ2n) is 16.7. The molecule has 324 valence electrons. The minimum absolute atomic E-state index is 0.00655. The van der Waals surface area contributed by atoms with Crippen molar-refractivity contribution in [3.8, 4) is 11.1 Å². The van der Waals surface area contributed by atoms with Crippen LogP contribution in [0.5, 0.6) is 0 Å². The average molecular weight is 850 g/mol. The summed E-state index contributed by atoms with van der Waals surface area (Å²) in [5, 5.41) is 12.3. The summed E-state index contributed by atoms with van der Waals surface area (Å²) < 4.78 is 20.8. The van der Waals surface area contributed by atoms with Gasteiger partial charge < -0.3 is 34.5 Å². The van der Waals surface area contributed by atoms with Gasteiger partial charge in [0, 0.05) is 37.2 Å². The van der Waals surface area contributed by atoms with E-state index in [1.165, 1.54) is 4.90 Å². The number of hydrogen-bond donors (Lipinski definition) is 3. The van der Waals surface area contributed by atoms with Gasteiger partial charge in [0.2, 0.25) is 5.91 Å². The third kappa shape index (κ3) is 9.09. The molecule has 3 aliphatic rings. The smallest absolute Gasteiger partial charge is 0.408 e. The zero-order chi connectivity index (χ0) is 43.5. The monoisotopic (exact) mass is 849 g/mol. The Morgan fingerprint density at radius 3 is 2.27 bits per heavy atom. The lowest BCUT2D eigenvalue weighted by molar-refractivity contribution is -0.276. The van der Waals surface area contributed by atoms with Crippen LogP contribution in [0.4, 0.5) is 4.79 Å². The van der Waals surface area contributed by atoms with Crippen molar-refractivity contribution in [2.24, 2.45) is 5.92 Å².